The van der Waals surface area contributed by atoms with Gasteiger partial charge in [0, 0.05) is 19.3 Å². The Morgan fingerprint density at radius 1 is 1.33 bits per heavy atom. The maximum absolute atomic E-state index is 12.2. The quantitative estimate of drug-likeness (QED) is 0.624. The van der Waals surface area contributed by atoms with Crippen LogP contribution in [0.4, 0.5) is 0 Å². The van der Waals surface area contributed by atoms with Crippen LogP contribution in [0, 0.1) is 6.92 Å². The molecule has 3 aromatic heterocycles. The average Bonchev–Trinajstić information content (AvgIpc) is 2.77. The van der Waals surface area contributed by atoms with Gasteiger partial charge in [0.25, 0.3) is 5.56 Å². The molecule has 0 aliphatic heterocycles. The first-order valence-electron chi connectivity index (χ1n) is 5.51. The standard InChI is InChI=1S/C12H12N4OS/c1-7-4-11-15(2)12(17)8-6-13-10(18-3)5-9(8)16(11)14-7/h4-6H,1-3H3. The molecule has 0 saturated carbocycles. The average molecular weight is 260 g/mol. The van der Waals surface area contributed by atoms with E-state index in [-0.39, 0.29) is 5.56 Å². The summed E-state index contributed by atoms with van der Waals surface area (Å²) in [7, 11) is 1.75. The molecule has 0 spiro atoms. The second-order valence-electron chi connectivity index (χ2n) is 4.16. The zero-order chi connectivity index (χ0) is 12.9. The first kappa shape index (κ1) is 11.3. The largest absolute Gasteiger partial charge is 0.296 e. The van der Waals surface area contributed by atoms with E-state index >= 15 is 0 Å². The molecule has 92 valence electrons. The molecule has 0 unspecified atom stereocenters. The second kappa shape index (κ2) is 3.84. The SMILES string of the molecule is CSc1cc2c(cn1)c(=O)n(C)c1cc(C)nn21. The zero-order valence-corrected chi connectivity index (χ0v) is 11.2. The molecule has 3 rings (SSSR count). The minimum atomic E-state index is -0.0439. The normalized spacial score (nSPS) is 11.5. The summed E-state index contributed by atoms with van der Waals surface area (Å²) in [5.41, 5.74) is 2.45. The fourth-order valence-electron chi connectivity index (χ4n) is 2.06. The lowest BCUT2D eigenvalue weighted by molar-refractivity contribution is 0.842. The fraction of sp³-hybridized carbons (Fsp3) is 0.250. The molecule has 5 nitrogen and oxygen atoms in total. The van der Waals surface area contributed by atoms with Crippen molar-refractivity contribution in [3.8, 4) is 0 Å². The smallest absolute Gasteiger partial charge is 0.262 e. The van der Waals surface area contributed by atoms with Crippen molar-refractivity contribution in [2.24, 2.45) is 7.05 Å². The Kier molecular flexibility index (Phi) is 2.41. The highest BCUT2D eigenvalue weighted by Crippen LogP contribution is 2.18. The summed E-state index contributed by atoms with van der Waals surface area (Å²) in [4.78, 5) is 16.5. The number of thioether (sulfide) groups is 1. The van der Waals surface area contributed by atoms with Gasteiger partial charge < -0.3 is 0 Å². The van der Waals surface area contributed by atoms with Gasteiger partial charge in [0.05, 0.1) is 21.6 Å². The number of hydrogen-bond acceptors (Lipinski definition) is 4. The maximum Gasteiger partial charge on any atom is 0.262 e. The van der Waals surface area contributed by atoms with Crippen molar-refractivity contribution in [2.45, 2.75) is 11.9 Å². The number of nitrogens with zero attached hydrogens (tertiary/aromatic N) is 4. The van der Waals surface area contributed by atoms with E-state index in [0.717, 1.165) is 21.9 Å². The Hall–Kier alpha value is -1.82. The Morgan fingerprint density at radius 3 is 2.83 bits per heavy atom. The Labute approximate surface area is 107 Å². The van der Waals surface area contributed by atoms with E-state index in [1.54, 1.807) is 34.1 Å². The highest BCUT2D eigenvalue weighted by atomic mass is 32.2. The summed E-state index contributed by atoms with van der Waals surface area (Å²) in [6.07, 6.45) is 3.58. The summed E-state index contributed by atoms with van der Waals surface area (Å²) in [5.74, 6) is 0. The van der Waals surface area contributed by atoms with Crippen LogP contribution >= 0.6 is 11.8 Å². The molecule has 0 amide bonds. The van der Waals surface area contributed by atoms with Crippen LogP contribution in [0.25, 0.3) is 16.6 Å². The fourth-order valence-corrected chi connectivity index (χ4v) is 2.45. The zero-order valence-electron chi connectivity index (χ0n) is 10.3. The third-order valence-electron chi connectivity index (χ3n) is 2.99. The predicted octanol–water partition coefficient (Wildman–Crippen LogP) is 1.61. The third-order valence-corrected chi connectivity index (χ3v) is 3.63. The molecule has 18 heavy (non-hydrogen) atoms. The molecule has 0 radical (unpaired) electrons. The van der Waals surface area contributed by atoms with Crippen LogP contribution in [0.5, 0.6) is 0 Å². The van der Waals surface area contributed by atoms with E-state index in [9.17, 15) is 4.79 Å². The van der Waals surface area contributed by atoms with E-state index in [1.807, 2.05) is 25.3 Å². The summed E-state index contributed by atoms with van der Waals surface area (Å²) >= 11 is 1.55. The van der Waals surface area contributed by atoms with Gasteiger partial charge in [-0.05, 0) is 19.2 Å². The summed E-state index contributed by atoms with van der Waals surface area (Å²) in [6, 6.07) is 3.81. The van der Waals surface area contributed by atoms with Gasteiger partial charge in [0.15, 0.2) is 0 Å². The third kappa shape index (κ3) is 1.45. The molecule has 0 aromatic carbocycles. The van der Waals surface area contributed by atoms with Crippen LogP contribution in [0.2, 0.25) is 0 Å². The van der Waals surface area contributed by atoms with Crippen molar-refractivity contribution in [2.75, 3.05) is 6.26 Å². The van der Waals surface area contributed by atoms with Gasteiger partial charge in [-0.3, -0.25) is 9.36 Å². The highest BCUT2D eigenvalue weighted by Gasteiger charge is 2.11. The van der Waals surface area contributed by atoms with Crippen molar-refractivity contribution < 1.29 is 0 Å². The minimum Gasteiger partial charge on any atom is -0.296 e. The second-order valence-corrected chi connectivity index (χ2v) is 4.99. The van der Waals surface area contributed by atoms with Gasteiger partial charge in [-0.15, -0.1) is 11.8 Å². The highest BCUT2D eigenvalue weighted by molar-refractivity contribution is 7.98. The Balaban J connectivity index is 2.61. The first-order chi connectivity index (χ1) is 8.61. The minimum absolute atomic E-state index is 0.0439. The molecule has 0 saturated heterocycles. The molecule has 3 heterocycles. The van der Waals surface area contributed by atoms with E-state index in [2.05, 4.69) is 10.1 Å². The molecule has 0 N–H and O–H groups in total. The maximum atomic E-state index is 12.2. The summed E-state index contributed by atoms with van der Waals surface area (Å²) < 4.78 is 3.40. The number of aryl methyl sites for hydroxylation is 2. The molecule has 6 heteroatoms. The van der Waals surface area contributed by atoms with Crippen molar-refractivity contribution >= 4 is 28.3 Å². The van der Waals surface area contributed by atoms with E-state index in [0.29, 0.717) is 5.39 Å². The van der Waals surface area contributed by atoms with Gasteiger partial charge >= 0.3 is 0 Å². The lowest BCUT2D eigenvalue weighted by atomic mass is 10.3. The van der Waals surface area contributed by atoms with Gasteiger partial charge in [-0.2, -0.15) is 5.10 Å². The van der Waals surface area contributed by atoms with Crippen LogP contribution in [0.3, 0.4) is 0 Å². The Bertz CT molecular complexity index is 818. The molecule has 0 bridgehead atoms. The number of hydrogen-bond donors (Lipinski definition) is 0. The molecule has 0 aliphatic carbocycles. The summed E-state index contributed by atoms with van der Waals surface area (Å²) in [6.45, 7) is 1.92. The lowest BCUT2D eigenvalue weighted by Crippen LogP contribution is -2.20. The molecular formula is C12H12N4OS. The Morgan fingerprint density at radius 2 is 2.11 bits per heavy atom. The van der Waals surface area contributed by atoms with Crippen LogP contribution in [0.15, 0.2) is 28.2 Å². The van der Waals surface area contributed by atoms with Crippen LogP contribution in [0.1, 0.15) is 5.69 Å². The van der Waals surface area contributed by atoms with Crippen molar-refractivity contribution in [1.29, 1.82) is 0 Å². The summed E-state index contributed by atoms with van der Waals surface area (Å²) in [5, 5.41) is 5.91. The topological polar surface area (TPSA) is 52.2 Å². The van der Waals surface area contributed by atoms with E-state index in [1.165, 1.54) is 0 Å². The van der Waals surface area contributed by atoms with Gasteiger partial charge in [0.2, 0.25) is 0 Å². The number of pyridine rings is 1. The number of fused-ring (bicyclic) bond motifs is 3. The predicted molar refractivity (Wildman–Crippen MR) is 72.3 cm³/mol. The molecular weight excluding hydrogens is 248 g/mol. The first-order valence-corrected chi connectivity index (χ1v) is 6.73. The van der Waals surface area contributed by atoms with Crippen molar-refractivity contribution in [1.82, 2.24) is 19.2 Å². The molecule has 0 fully saturated rings. The van der Waals surface area contributed by atoms with Crippen molar-refractivity contribution in [3.05, 3.63) is 34.4 Å². The number of aromatic nitrogens is 4. The molecule has 3 aromatic rings. The van der Waals surface area contributed by atoms with Gasteiger partial charge in [0.1, 0.15) is 5.65 Å². The van der Waals surface area contributed by atoms with Crippen LogP contribution in [-0.2, 0) is 7.05 Å². The monoisotopic (exact) mass is 260 g/mol. The lowest BCUT2D eigenvalue weighted by Gasteiger charge is -2.06. The van der Waals surface area contributed by atoms with Gasteiger partial charge in [-0.1, -0.05) is 0 Å². The van der Waals surface area contributed by atoms with E-state index < -0.39 is 0 Å². The van der Waals surface area contributed by atoms with Gasteiger partial charge in [-0.25, -0.2) is 9.50 Å². The van der Waals surface area contributed by atoms with Crippen LogP contribution in [-0.4, -0.2) is 25.4 Å². The number of rotatable bonds is 1. The van der Waals surface area contributed by atoms with Crippen LogP contribution < -0.4 is 5.56 Å². The molecule has 0 aliphatic rings. The van der Waals surface area contributed by atoms with Crippen molar-refractivity contribution in [3.63, 3.8) is 0 Å². The van der Waals surface area contributed by atoms with E-state index in [4.69, 9.17) is 0 Å². The molecule has 0 atom stereocenters.